The van der Waals surface area contributed by atoms with Gasteiger partial charge in [0.05, 0.1) is 17.7 Å². The van der Waals surface area contributed by atoms with E-state index in [1.807, 2.05) is 12.1 Å². The van der Waals surface area contributed by atoms with Gasteiger partial charge in [-0.3, -0.25) is 0 Å². The molecule has 2 N–H and O–H groups in total. The third kappa shape index (κ3) is 2.71. The molecule has 1 atom stereocenters. The summed E-state index contributed by atoms with van der Waals surface area (Å²) in [4.78, 5) is 0. The zero-order valence-electron chi connectivity index (χ0n) is 8.48. The van der Waals surface area contributed by atoms with Crippen LogP contribution in [0.2, 0.25) is 0 Å². The third-order valence-corrected chi connectivity index (χ3v) is 2.67. The van der Waals surface area contributed by atoms with E-state index in [1.54, 1.807) is 12.1 Å². The lowest BCUT2D eigenvalue weighted by Gasteiger charge is -2.11. The number of anilines is 1. The smallest absolute Gasteiger partial charge is 0.0992 e. The van der Waals surface area contributed by atoms with Crippen LogP contribution in [0.5, 0.6) is 0 Å². The predicted molar refractivity (Wildman–Crippen MR) is 58.4 cm³/mol. The molecular weight excluding hydrogens is 188 g/mol. The van der Waals surface area contributed by atoms with Crippen molar-refractivity contribution in [2.45, 2.75) is 18.9 Å². The molecule has 0 amide bonds. The van der Waals surface area contributed by atoms with Crippen molar-refractivity contribution in [1.82, 2.24) is 0 Å². The summed E-state index contributed by atoms with van der Waals surface area (Å²) in [6.45, 7) is 0.569. The van der Waals surface area contributed by atoms with Crippen LogP contribution in [-0.4, -0.2) is 17.8 Å². The highest BCUT2D eigenvalue weighted by Crippen LogP contribution is 2.32. The largest absolute Gasteiger partial charge is 0.391 e. The van der Waals surface area contributed by atoms with E-state index in [0.717, 1.165) is 18.5 Å². The van der Waals surface area contributed by atoms with Crippen molar-refractivity contribution in [1.29, 1.82) is 5.26 Å². The summed E-state index contributed by atoms with van der Waals surface area (Å²) in [5.74, 6) is 0.483. The van der Waals surface area contributed by atoms with Crippen LogP contribution in [0.25, 0.3) is 0 Å². The highest BCUT2D eigenvalue weighted by atomic mass is 16.3. The van der Waals surface area contributed by atoms with Crippen molar-refractivity contribution in [3.05, 3.63) is 29.8 Å². The molecule has 15 heavy (non-hydrogen) atoms. The predicted octanol–water partition coefficient (Wildman–Crippen LogP) is 1.74. The van der Waals surface area contributed by atoms with E-state index in [0.29, 0.717) is 18.0 Å². The quantitative estimate of drug-likeness (QED) is 0.782. The fourth-order valence-electron chi connectivity index (χ4n) is 1.57. The Kier molecular flexibility index (Phi) is 2.89. The van der Waals surface area contributed by atoms with Gasteiger partial charge in [0.2, 0.25) is 0 Å². The van der Waals surface area contributed by atoms with Gasteiger partial charge in [-0.25, -0.2) is 0 Å². The summed E-state index contributed by atoms with van der Waals surface area (Å²) in [7, 11) is 0. The fourth-order valence-corrected chi connectivity index (χ4v) is 1.57. The number of hydrogen-bond donors (Lipinski definition) is 2. The minimum atomic E-state index is -0.254. The molecule has 0 heterocycles. The van der Waals surface area contributed by atoms with Crippen LogP contribution in [0.1, 0.15) is 18.4 Å². The molecule has 0 saturated heterocycles. The Morgan fingerprint density at radius 2 is 2.33 bits per heavy atom. The van der Waals surface area contributed by atoms with Crippen molar-refractivity contribution in [3.8, 4) is 6.07 Å². The highest BCUT2D eigenvalue weighted by molar-refractivity contribution is 5.49. The number of nitrogens with zero attached hydrogens (tertiary/aromatic N) is 1. The second-order valence-corrected chi connectivity index (χ2v) is 3.98. The van der Waals surface area contributed by atoms with Gasteiger partial charge in [-0.1, -0.05) is 6.07 Å². The first-order chi connectivity index (χ1) is 7.29. The van der Waals surface area contributed by atoms with E-state index in [-0.39, 0.29) is 6.10 Å². The van der Waals surface area contributed by atoms with Gasteiger partial charge >= 0.3 is 0 Å². The summed E-state index contributed by atoms with van der Waals surface area (Å²) in [5, 5.41) is 21.5. The Bertz CT molecular complexity index is 379. The van der Waals surface area contributed by atoms with Gasteiger partial charge in [0.1, 0.15) is 0 Å². The minimum Gasteiger partial charge on any atom is -0.391 e. The van der Waals surface area contributed by atoms with Gasteiger partial charge in [-0.2, -0.15) is 5.26 Å². The van der Waals surface area contributed by atoms with E-state index >= 15 is 0 Å². The number of hydrogen-bond acceptors (Lipinski definition) is 3. The maximum absolute atomic E-state index is 9.65. The molecule has 0 bridgehead atoms. The molecule has 1 unspecified atom stereocenters. The number of benzene rings is 1. The zero-order valence-corrected chi connectivity index (χ0v) is 8.48. The summed E-state index contributed by atoms with van der Waals surface area (Å²) < 4.78 is 0. The summed E-state index contributed by atoms with van der Waals surface area (Å²) >= 11 is 0. The number of nitriles is 1. The molecule has 3 heteroatoms. The van der Waals surface area contributed by atoms with Crippen molar-refractivity contribution in [2.75, 3.05) is 11.9 Å². The molecular formula is C12H14N2O. The van der Waals surface area contributed by atoms with Gasteiger partial charge in [-0.05, 0) is 37.0 Å². The molecule has 0 aromatic heterocycles. The van der Waals surface area contributed by atoms with Gasteiger partial charge in [0, 0.05) is 12.2 Å². The maximum Gasteiger partial charge on any atom is 0.0992 e. The molecule has 0 aliphatic heterocycles. The first-order valence-electron chi connectivity index (χ1n) is 5.21. The number of aliphatic hydroxyl groups excluding tert-OH is 1. The Morgan fingerprint density at radius 3 is 3.00 bits per heavy atom. The standard InChI is InChI=1S/C12H14N2O/c13-7-9-2-1-3-11(6-9)14-8-12(15)10-4-5-10/h1-3,6,10,12,14-15H,4-5,8H2. The third-order valence-electron chi connectivity index (χ3n) is 2.67. The number of nitrogens with one attached hydrogen (secondary N) is 1. The lowest BCUT2D eigenvalue weighted by molar-refractivity contribution is 0.164. The lowest BCUT2D eigenvalue weighted by Crippen LogP contribution is -2.21. The van der Waals surface area contributed by atoms with Gasteiger partial charge in [-0.15, -0.1) is 0 Å². The van der Waals surface area contributed by atoms with Gasteiger partial charge in [0.15, 0.2) is 0 Å². The summed E-state index contributed by atoms with van der Waals surface area (Å²) in [6, 6.07) is 9.39. The summed E-state index contributed by atoms with van der Waals surface area (Å²) in [5.41, 5.74) is 1.54. The van der Waals surface area contributed by atoms with Crippen LogP contribution in [0, 0.1) is 17.2 Å². The first kappa shape index (κ1) is 10.0. The number of aliphatic hydroxyl groups is 1. The SMILES string of the molecule is N#Cc1cccc(NCC(O)C2CC2)c1. The molecule has 3 nitrogen and oxygen atoms in total. The van der Waals surface area contributed by atoms with Gasteiger partial charge in [0.25, 0.3) is 0 Å². The second-order valence-electron chi connectivity index (χ2n) is 3.98. The fraction of sp³-hybridized carbons (Fsp3) is 0.417. The molecule has 1 aromatic rings. The molecule has 1 saturated carbocycles. The average molecular weight is 202 g/mol. The average Bonchev–Trinajstić information content (AvgIpc) is 3.10. The Hall–Kier alpha value is -1.53. The first-order valence-corrected chi connectivity index (χ1v) is 5.21. The van der Waals surface area contributed by atoms with Crippen LogP contribution in [-0.2, 0) is 0 Å². The van der Waals surface area contributed by atoms with E-state index in [4.69, 9.17) is 5.26 Å². The Balaban J connectivity index is 1.89. The van der Waals surface area contributed by atoms with Crippen LogP contribution in [0.4, 0.5) is 5.69 Å². The van der Waals surface area contributed by atoms with Crippen molar-refractivity contribution in [3.63, 3.8) is 0 Å². The topological polar surface area (TPSA) is 56.0 Å². The molecule has 1 aliphatic rings. The van der Waals surface area contributed by atoms with Crippen LogP contribution < -0.4 is 5.32 Å². The summed E-state index contributed by atoms with van der Waals surface area (Å²) in [6.07, 6.45) is 2.03. The molecule has 0 spiro atoms. The maximum atomic E-state index is 9.65. The Labute approximate surface area is 89.4 Å². The second kappa shape index (κ2) is 4.33. The highest BCUT2D eigenvalue weighted by Gasteiger charge is 2.29. The van der Waals surface area contributed by atoms with E-state index in [2.05, 4.69) is 11.4 Å². The molecule has 78 valence electrons. The lowest BCUT2D eigenvalue weighted by atomic mass is 10.2. The Morgan fingerprint density at radius 1 is 1.53 bits per heavy atom. The van der Waals surface area contributed by atoms with Crippen molar-refractivity contribution < 1.29 is 5.11 Å². The molecule has 1 aromatic carbocycles. The minimum absolute atomic E-state index is 0.254. The van der Waals surface area contributed by atoms with Crippen LogP contribution in [0.15, 0.2) is 24.3 Å². The van der Waals surface area contributed by atoms with Crippen molar-refractivity contribution >= 4 is 5.69 Å². The molecule has 1 aliphatic carbocycles. The molecule has 1 fully saturated rings. The van der Waals surface area contributed by atoms with E-state index < -0.39 is 0 Å². The van der Waals surface area contributed by atoms with Crippen LogP contribution >= 0.6 is 0 Å². The van der Waals surface area contributed by atoms with Crippen molar-refractivity contribution in [2.24, 2.45) is 5.92 Å². The van der Waals surface area contributed by atoms with E-state index in [9.17, 15) is 5.11 Å². The molecule has 0 radical (unpaired) electrons. The monoisotopic (exact) mass is 202 g/mol. The van der Waals surface area contributed by atoms with E-state index in [1.165, 1.54) is 0 Å². The number of rotatable bonds is 4. The normalized spacial score (nSPS) is 16.8. The zero-order chi connectivity index (χ0) is 10.7. The molecule has 2 rings (SSSR count). The van der Waals surface area contributed by atoms with Crippen LogP contribution in [0.3, 0.4) is 0 Å². The van der Waals surface area contributed by atoms with Gasteiger partial charge < -0.3 is 10.4 Å².